The Morgan fingerprint density at radius 2 is 1.67 bits per heavy atom. The number of anilines is 2. The van der Waals surface area contributed by atoms with Crippen LogP contribution in [-0.2, 0) is 10.0 Å². The predicted molar refractivity (Wildman–Crippen MR) is 104 cm³/mol. The Morgan fingerprint density at radius 1 is 0.963 bits per heavy atom. The molecule has 0 aliphatic heterocycles. The second-order valence-electron chi connectivity index (χ2n) is 5.44. The summed E-state index contributed by atoms with van der Waals surface area (Å²) < 4.78 is 41.5. The van der Waals surface area contributed by atoms with Crippen LogP contribution < -0.4 is 24.2 Å². The topological polar surface area (TPSA) is 103 Å². The number of ether oxygens (including phenoxy) is 3. The molecule has 0 heterocycles. The smallest absolute Gasteiger partial charge is 0.259 e. The number of carbonyl (C=O) groups excluding carboxylic acids is 1. The van der Waals surface area contributed by atoms with Gasteiger partial charge in [0.2, 0.25) is 10.0 Å². The molecule has 0 aliphatic carbocycles. The van der Waals surface area contributed by atoms with Crippen LogP contribution in [-0.4, -0.2) is 41.4 Å². The molecule has 2 N–H and O–H groups in total. The Labute approximate surface area is 158 Å². The van der Waals surface area contributed by atoms with E-state index in [0.717, 1.165) is 0 Å². The first kappa shape index (κ1) is 20.4. The van der Waals surface area contributed by atoms with Crippen LogP contribution in [0.1, 0.15) is 17.3 Å². The highest BCUT2D eigenvalue weighted by atomic mass is 32.2. The van der Waals surface area contributed by atoms with E-state index in [1.165, 1.54) is 40.4 Å². The highest BCUT2D eigenvalue weighted by Crippen LogP contribution is 2.30. The first-order valence-corrected chi connectivity index (χ1v) is 9.70. The molecular formula is C18H22N2O6S. The summed E-state index contributed by atoms with van der Waals surface area (Å²) in [6, 6.07) is 9.48. The Kier molecular flexibility index (Phi) is 6.51. The molecule has 0 aliphatic rings. The third kappa shape index (κ3) is 5.04. The summed E-state index contributed by atoms with van der Waals surface area (Å²) in [5, 5.41) is 2.73. The van der Waals surface area contributed by atoms with Crippen molar-refractivity contribution < 1.29 is 27.4 Å². The highest BCUT2D eigenvalue weighted by molar-refractivity contribution is 7.92. The van der Waals surface area contributed by atoms with Crippen molar-refractivity contribution in [3.63, 3.8) is 0 Å². The summed E-state index contributed by atoms with van der Waals surface area (Å²) in [4.78, 5) is 12.6. The minimum Gasteiger partial charge on any atom is -0.497 e. The summed E-state index contributed by atoms with van der Waals surface area (Å²) in [6.45, 7) is 1.53. The van der Waals surface area contributed by atoms with E-state index in [1.807, 2.05) is 0 Å². The van der Waals surface area contributed by atoms with Gasteiger partial charge in [-0.05, 0) is 31.2 Å². The van der Waals surface area contributed by atoms with Crippen molar-refractivity contribution in [3.05, 3.63) is 42.0 Å². The van der Waals surface area contributed by atoms with Crippen LogP contribution >= 0.6 is 0 Å². The molecule has 8 nitrogen and oxygen atoms in total. The Hall–Kier alpha value is -2.94. The van der Waals surface area contributed by atoms with Crippen molar-refractivity contribution in [2.75, 3.05) is 37.1 Å². The molecule has 2 rings (SSSR count). The minimum atomic E-state index is -3.45. The van der Waals surface area contributed by atoms with Gasteiger partial charge in [0.05, 0.1) is 38.3 Å². The summed E-state index contributed by atoms with van der Waals surface area (Å²) >= 11 is 0. The average Bonchev–Trinajstić information content (AvgIpc) is 2.68. The van der Waals surface area contributed by atoms with E-state index in [9.17, 15) is 13.2 Å². The highest BCUT2D eigenvalue weighted by Gasteiger charge is 2.16. The fourth-order valence-corrected chi connectivity index (χ4v) is 2.93. The molecule has 0 saturated heterocycles. The Morgan fingerprint density at radius 3 is 2.26 bits per heavy atom. The number of hydrogen-bond acceptors (Lipinski definition) is 6. The molecule has 9 heteroatoms. The Balaban J connectivity index is 2.26. The van der Waals surface area contributed by atoms with Crippen molar-refractivity contribution in [1.82, 2.24) is 0 Å². The average molecular weight is 394 g/mol. The van der Waals surface area contributed by atoms with Crippen molar-refractivity contribution in [1.29, 1.82) is 0 Å². The van der Waals surface area contributed by atoms with E-state index in [1.54, 1.807) is 24.3 Å². The standard InChI is InChI=1S/C18H22N2O6S/c1-5-27(22,23)20-15-9-6-12(10-17(15)26-4)19-18(21)14-8-7-13(24-2)11-16(14)25-3/h6-11,20H,5H2,1-4H3,(H,19,21). The molecule has 0 saturated carbocycles. The lowest BCUT2D eigenvalue weighted by molar-refractivity contribution is 0.102. The Bertz CT molecular complexity index is 927. The van der Waals surface area contributed by atoms with Gasteiger partial charge in [0.15, 0.2) is 0 Å². The number of rotatable bonds is 8. The predicted octanol–water partition coefficient (Wildman–Crippen LogP) is 2.73. The van der Waals surface area contributed by atoms with Gasteiger partial charge in [0.1, 0.15) is 17.2 Å². The lowest BCUT2D eigenvalue weighted by atomic mass is 10.1. The SMILES string of the molecule is CCS(=O)(=O)Nc1ccc(NC(=O)c2ccc(OC)cc2OC)cc1OC. The fraction of sp³-hybridized carbons (Fsp3) is 0.278. The van der Waals surface area contributed by atoms with Crippen LogP contribution in [0.4, 0.5) is 11.4 Å². The zero-order valence-corrected chi connectivity index (χ0v) is 16.3. The molecule has 0 unspecified atom stereocenters. The monoisotopic (exact) mass is 394 g/mol. The van der Waals surface area contributed by atoms with Gasteiger partial charge in [-0.15, -0.1) is 0 Å². The summed E-state index contributed by atoms with van der Waals surface area (Å²) in [5.41, 5.74) is 1.06. The zero-order chi connectivity index (χ0) is 20.0. The number of hydrogen-bond donors (Lipinski definition) is 2. The molecule has 27 heavy (non-hydrogen) atoms. The zero-order valence-electron chi connectivity index (χ0n) is 15.5. The molecule has 0 aromatic heterocycles. The number of nitrogens with one attached hydrogen (secondary N) is 2. The van der Waals surface area contributed by atoms with Gasteiger partial charge in [-0.1, -0.05) is 0 Å². The van der Waals surface area contributed by atoms with Crippen molar-refractivity contribution in [2.24, 2.45) is 0 Å². The van der Waals surface area contributed by atoms with Crippen LogP contribution in [0.3, 0.4) is 0 Å². The van der Waals surface area contributed by atoms with Crippen LogP contribution in [0.2, 0.25) is 0 Å². The third-order valence-corrected chi connectivity index (χ3v) is 5.05. The second kappa shape index (κ2) is 8.63. The van der Waals surface area contributed by atoms with Gasteiger partial charge in [-0.25, -0.2) is 8.42 Å². The van der Waals surface area contributed by atoms with Gasteiger partial charge < -0.3 is 19.5 Å². The first-order chi connectivity index (χ1) is 12.8. The van der Waals surface area contributed by atoms with E-state index >= 15 is 0 Å². The number of benzene rings is 2. The van der Waals surface area contributed by atoms with Gasteiger partial charge in [0.25, 0.3) is 5.91 Å². The largest absolute Gasteiger partial charge is 0.497 e. The molecule has 2 aromatic rings. The lowest BCUT2D eigenvalue weighted by Gasteiger charge is -2.14. The summed E-state index contributed by atoms with van der Waals surface area (Å²) in [7, 11) is 0.953. The number of amides is 1. The first-order valence-electron chi connectivity index (χ1n) is 8.05. The van der Waals surface area contributed by atoms with E-state index in [2.05, 4.69) is 10.0 Å². The van der Waals surface area contributed by atoms with Crippen LogP contribution in [0.25, 0.3) is 0 Å². The van der Waals surface area contributed by atoms with Crippen molar-refractivity contribution in [3.8, 4) is 17.2 Å². The number of sulfonamides is 1. The quantitative estimate of drug-likeness (QED) is 0.714. The molecule has 0 bridgehead atoms. The van der Waals surface area contributed by atoms with Crippen molar-refractivity contribution >= 4 is 27.3 Å². The van der Waals surface area contributed by atoms with Gasteiger partial charge >= 0.3 is 0 Å². The molecule has 2 aromatic carbocycles. The molecule has 0 atom stereocenters. The second-order valence-corrected chi connectivity index (χ2v) is 7.45. The van der Waals surface area contributed by atoms with Crippen LogP contribution in [0.5, 0.6) is 17.2 Å². The van der Waals surface area contributed by atoms with E-state index < -0.39 is 15.9 Å². The number of methoxy groups -OCH3 is 3. The van der Waals surface area contributed by atoms with E-state index in [0.29, 0.717) is 28.4 Å². The van der Waals surface area contributed by atoms with Gasteiger partial charge in [0, 0.05) is 17.8 Å². The molecule has 146 valence electrons. The molecule has 1 amide bonds. The van der Waals surface area contributed by atoms with E-state index in [-0.39, 0.29) is 11.5 Å². The van der Waals surface area contributed by atoms with Crippen LogP contribution in [0, 0.1) is 0 Å². The normalized spacial score (nSPS) is 10.8. The maximum Gasteiger partial charge on any atom is 0.259 e. The minimum absolute atomic E-state index is 0.0636. The van der Waals surface area contributed by atoms with Gasteiger partial charge in [-0.2, -0.15) is 0 Å². The maximum absolute atomic E-state index is 12.6. The molecule has 0 radical (unpaired) electrons. The lowest BCUT2D eigenvalue weighted by Crippen LogP contribution is -2.16. The van der Waals surface area contributed by atoms with Gasteiger partial charge in [-0.3, -0.25) is 9.52 Å². The van der Waals surface area contributed by atoms with Crippen molar-refractivity contribution in [2.45, 2.75) is 6.92 Å². The molecule has 0 fully saturated rings. The summed E-state index contributed by atoms with van der Waals surface area (Å²) in [5.74, 6) is 0.764. The molecule has 0 spiro atoms. The maximum atomic E-state index is 12.6. The summed E-state index contributed by atoms with van der Waals surface area (Å²) in [6.07, 6.45) is 0. The number of carbonyl (C=O) groups is 1. The molecular weight excluding hydrogens is 372 g/mol. The third-order valence-electron chi connectivity index (χ3n) is 3.76. The fourth-order valence-electron chi connectivity index (χ4n) is 2.28. The van der Waals surface area contributed by atoms with E-state index in [4.69, 9.17) is 14.2 Å². The van der Waals surface area contributed by atoms with Crippen LogP contribution in [0.15, 0.2) is 36.4 Å².